The molecule has 4 nitrogen and oxygen atoms in total. The van der Waals surface area contributed by atoms with Crippen molar-refractivity contribution in [3.05, 3.63) is 29.8 Å². The Morgan fingerprint density at radius 1 is 1.37 bits per heavy atom. The molecule has 1 unspecified atom stereocenters. The zero-order chi connectivity index (χ0) is 14.1. The Labute approximate surface area is 115 Å². The number of hydrogen-bond donors (Lipinski definition) is 1. The fourth-order valence-corrected chi connectivity index (χ4v) is 1.71. The van der Waals surface area contributed by atoms with Crippen LogP contribution in [-0.4, -0.2) is 32.3 Å². The first-order valence-corrected chi connectivity index (χ1v) is 6.68. The van der Waals surface area contributed by atoms with Crippen LogP contribution in [0.3, 0.4) is 0 Å². The molecule has 0 aliphatic heterocycles. The van der Waals surface area contributed by atoms with E-state index in [9.17, 15) is 4.79 Å². The van der Waals surface area contributed by atoms with E-state index in [4.69, 9.17) is 9.47 Å². The second-order valence-corrected chi connectivity index (χ2v) is 4.42. The topological polar surface area (TPSA) is 47.6 Å². The highest BCUT2D eigenvalue weighted by Crippen LogP contribution is 2.18. The lowest BCUT2D eigenvalue weighted by atomic mass is 10.2. The fraction of sp³-hybridized carbons (Fsp3) is 0.533. The van der Waals surface area contributed by atoms with Gasteiger partial charge in [0.05, 0.1) is 0 Å². The van der Waals surface area contributed by atoms with Gasteiger partial charge < -0.3 is 14.8 Å². The average molecular weight is 265 g/mol. The van der Waals surface area contributed by atoms with Crippen molar-refractivity contribution in [2.24, 2.45) is 0 Å². The van der Waals surface area contributed by atoms with E-state index in [0.717, 1.165) is 17.7 Å². The van der Waals surface area contributed by atoms with Crippen LogP contribution in [0.5, 0.6) is 5.75 Å². The maximum Gasteiger partial charge on any atom is 0.261 e. The summed E-state index contributed by atoms with van der Waals surface area (Å²) in [6.07, 6.45) is 1.01. The molecule has 0 radical (unpaired) electrons. The first-order chi connectivity index (χ1) is 9.19. The van der Waals surface area contributed by atoms with Crippen LogP contribution < -0.4 is 10.1 Å². The molecular weight excluding hydrogens is 242 g/mol. The molecule has 1 N–H and O–H groups in total. The predicted molar refractivity (Wildman–Crippen MR) is 75.4 cm³/mol. The highest BCUT2D eigenvalue weighted by molar-refractivity contribution is 5.81. The molecule has 1 rings (SSSR count). The summed E-state index contributed by atoms with van der Waals surface area (Å²) in [6.45, 7) is 5.17. The van der Waals surface area contributed by atoms with Crippen molar-refractivity contribution < 1.29 is 14.3 Å². The van der Waals surface area contributed by atoms with E-state index in [1.165, 1.54) is 0 Å². The van der Waals surface area contributed by atoms with Crippen LogP contribution in [0.1, 0.15) is 25.3 Å². The summed E-state index contributed by atoms with van der Waals surface area (Å²) in [4.78, 5) is 12.0. The van der Waals surface area contributed by atoms with Crippen LogP contribution in [0, 0.1) is 6.92 Å². The number of aryl methyl sites for hydroxylation is 1. The van der Waals surface area contributed by atoms with E-state index in [1.54, 1.807) is 7.11 Å². The van der Waals surface area contributed by atoms with E-state index >= 15 is 0 Å². The molecule has 0 saturated carbocycles. The minimum absolute atomic E-state index is 0.0677. The number of amides is 1. The SMILES string of the molecule is CCC(Oc1ccccc1C)C(=O)NCCCOC. The molecule has 106 valence electrons. The molecule has 19 heavy (non-hydrogen) atoms. The van der Waals surface area contributed by atoms with Gasteiger partial charge in [0.15, 0.2) is 6.10 Å². The first kappa shape index (κ1) is 15.5. The quantitative estimate of drug-likeness (QED) is 0.734. The maximum absolute atomic E-state index is 12.0. The lowest BCUT2D eigenvalue weighted by Gasteiger charge is -2.18. The Morgan fingerprint density at radius 2 is 2.11 bits per heavy atom. The third-order valence-corrected chi connectivity index (χ3v) is 2.85. The number of rotatable bonds is 8. The first-order valence-electron chi connectivity index (χ1n) is 6.68. The van der Waals surface area contributed by atoms with Gasteiger partial charge in [-0.2, -0.15) is 0 Å². The van der Waals surface area contributed by atoms with E-state index in [2.05, 4.69) is 5.32 Å². The molecule has 0 fully saturated rings. The molecular formula is C15H23NO3. The van der Waals surface area contributed by atoms with E-state index in [-0.39, 0.29) is 5.91 Å². The van der Waals surface area contributed by atoms with E-state index < -0.39 is 6.10 Å². The normalized spacial score (nSPS) is 11.9. The van der Waals surface area contributed by atoms with Crippen LogP contribution in [-0.2, 0) is 9.53 Å². The van der Waals surface area contributed by atoms with Gasteiger partial charge in [-0.05, 0) is 31.4 Å². The number of nitrogens with one attached hydrogen (secondary N) is 1. The monoisotopic (exact) mass is 265 g/mol. The molecule has 0 aromatic heterocycles. The number of hydrogen-bond acceptors (Lipinski definition) is 3. The van der Waals surface area contributed by atoms with Crippen LogP contribution in [0.2, 0.25) is 0 Å². The highest BCUT2D eigenvalue weighted by Gasteiger charge is 2.18. The Morgan fingerprint density at radius 3 is 2.74 bits per heavy atom. The summed E-state index contributed by atoms with van der Waals surface area (Å²) in [7, 11) is 1.65. The molecule has 1 aromatic carbocycles. The predicted octanol–water partition coefficient (Wildman–Crippen LogP) is 2.31. The maximum atomic E-state index is 12.0. The van der Waals surface area contributed by atoms with Crippen molar-refractivity contribution in [3.8, 4) is 5.75 Å². The van der Waals surface area contributed by atoms with Gasteiger partial charge in [-0.3, -0.25) is 4.79 Å². The number of para-hydroxylation sites is 1. The van der Waals surface area contributed by atoms with Gasteiger partial charge in [-0.25, -0.2) is 0 Å². The minimum Gasteiger partial charge on any atom is -0.480 e. The third kappa shape index (κ3) is 5.30. The molecule has 0 aliphatic carbocycles. The molecule has 0 bridgehead atoms. The zero-order valence-corrected chi connectivity index (χ0v) is 11.9. The van der Waals surface area contributed by atoms with Crippen molar-refractivity contribution in [2.45, 2.75) is 32.8 Å². The van der Waals surface area contributed by atoms with Crippen molar-refractivity contribution in [1.82, 2.24) is 5.32 Å². The lowest BCUT2D eigenvalue weighted by molar-refractivity contribution is -0.128. The highest BCUT2D eigenvalue weighted by atomic mass is 16.5. The summed E-state index contributed by atoms with van der Waals surface area (Å²) < 4.78 is 10.7. The number of carbonyl (C=O) groups is 1. The van der Waals surface area contributed by atoms with Crippen molar-refractivity contribution in [3.63, 3.8) is 0 Å². The summed E-state index contributed by atoms with van der Waals surface area (Å²) in [5.41, 5.74) is 1.04. The molecule has 0 saturated heterocycles. The lowest BCUT2D eigenvalue weighted by Crippen LogP contribution is -2.38. The average Bonchev–Trinajstić information content (AvgIpc) is 2.42. The third-order valence-electron chi connectivity index (χ3n) is 2.85. The summed E-state index contributed by atoms with van der Waals surface area (Å²) in [5.74, 6) is 0.697. The van der Waals surface area contributed by atoms with Gasteiger partial charge in [0, 0.05) is 20.3 Å². The Balaban J connectivity index is 2.48. The van der Waals surface area contributed by atoms with Crippen LogP contribution >= 0.6 is 0 Å². The molecule has 1 atom stereocenters. The van der Waals surface area contributed by atoms with Crippen LogP contribution in [0.25, 0.3) is 0 Å². The van der Waals surface area contributed by atoms with Gasteiger partial charge in [0.25, 0.3) is 5.91 Å². The number of ether oxygens (including phenoxy) is 2. The molecule has 4 heteroatoms. The Hall–Kier alpha value is -1.55. The van der Waals surface area contributed by atoms with Crippen molar-refractivity contribution in [1.29, 1.82) is 0 Å². The van der Waals surface area contributed by atoms with E-state index in [0.29, 0.717) is 19.6 Å². The second-order valence-electron chi connectivity index (χ2n) is 4.42. The largest absolute Gasteiger partial charge is 0.480 e. The molecule has 0 aliphatic rings. The van der Waals surface area contributed by atoms with Gasteiger partial charge in [-0.1, -0.05) is 25.1 Å². The molecule has 0 heterocycles. The van der Waals surface area contributed by atoms with Crippen molar-refractivity contribution in [2.75, 3.05) is 20.3 Å². The summed E-state index contributed by atoms with van der Waals surface area (Å²) in [5, 5.41) is 2.86. The second kappa shape index (κ2) is 8.53. The Kier molecular flexibility index (Phi) is 6.97. The standard InChI is InChI=1S/C15H23NO3/c1-4-13(15(17)16-10-7-11-18-3)19-14-9-6-5-8-12(14)2/h5-6,8-9,13H,4,7,10-11H2,1-3H3,(H,16,17). The van der Waals surface area contributed by atoms with Crippen molar-refractivity contribution >= 4 is 5.91 Å². The molecule has 0 spiro atoms. The summed E-state index contributed by atoms with van der Waals surface area (Å²) >= 11 is 0. The smallest absolute Gasteiger partial charge is 0.261 e. The number of benzene rings is 1. The minimum atomic E-state index is -0.441. The zero-order valence-electron chi connectivity index (χ0n) is 11.9. The number of methoxy groups -OCH3 is 1. The van der Waals surface area contributed by atoms with Gasteiger partial charge in [0.1, 0.15) is 5.75 Å². The van der Waals surface area contributed by atoms with Gasteiger partial charge in [0.2, 0.25) is 0 Å². The molecule has 1 aromatic rings. The molecule has 1 amide bonds. The van der Waals surface area contributed by atoms with Gasteiger partial charge >= 0.3 is 0 Å². The van der Waals surface area contributed by atoms with E-state index in [1.807, 2.05) is 38.1 Å². The van der Waals surface area contributed by atoms with Gasteiger partial charge in [-0.15, -0.1) is 0 Å². The Bertz CT molecular complexity index is 393. The fourth-order valence-electron chi connectivity index (χ4n) is 1.71. The van der Waals surface area contributed by atoms with Crippen LogP contribution in [0.4, 0.5) is 0 Å². The summed E-state index contributed by atoms with van der Waals surface area (Å²) in [6, 6.07) is 7.72. The van der Waals surface area contributed by atoms with Crippen LogP contribution in [0.15, 0.2) is 24.3 Å². The number of carbonyl (C=O) groups excluding carboxylic acids is 1.